The number of nitrogens with two attached hydrogens (primary N) is 1. The predicted molar refractivity (Wildman–Crippen MR) is 81.1 cm³/mol. The molecule has 1 heterocycles. The van der Waals surface area contributed by atoms with Crippen LogP contribution in [0.5, 0.6) is 11.5 Å². The highest BCUT2D eigenvalue weighted by atomic mass is 16.5. The fourth-order valence-electron chi connectivity index (χ4n) is 2.45. The second kappa shape index (κ2) is 5.48. The zero-order chi connectivity index (χ0) is 14.8. The maximum absolute atomic E-state index is 12.7. The van der Waals surface area contributed by atoms with Crippen LogP contribution in [0, 0.1) is 6.92 Å². The van der Waals surface area contributed by atoms with Crippen molar-refractivity contribution in [3.8, 4) is 11.5 Å². The predicted octanol–water partition coefficient (Wildman–Crippen LogP) is 2.97. The average molecular weight is 283 g/mol. The minimum absolute atomic E-state index is 0.0961. The molecule has 0 aliphatic carbocycles. The molecule has 0 saturated carbocycles. The van der Waals surface area contributed by atoms with E-state index in [4.69, 9.17) is 15.2 Å². The Hall–Kier alpha value is -2.49. The van der Waals surface area contributed by atoms with Gasteiger partial charge in [0.2, 0.25) is 0 Å². The molecule has 3 rings (SSSR count). The van der Waals surface area contributed by atoms with E-state index in [1.165, 1.54) is 0 Å². The molecule has 4 nitrogen and oxygen atoms in total. The van der Waals surface area contributed by atoms with Gasteiger partial charge in [-0.1, -0.05) is 12.1 Å². The summed E-state index contributed by atoms with van der Waals surface area (Å²) in [5.41, 5.74) is 8.41. The van der Waals surface area contributed by atoms with E-state index in [9.17, 15) is 4.79 Å². The molecule has 0 amide bonds. The van der Waals surface area contributed by atoms with E-state index in [1.54, 1.807) is 24.3 Å². The molecule has 0 unspecified atom stereocenters. The molecular weight excluding hydrogens is 266 g/mol. The third kappa shape index (κ3) is 2.57. The quantitative estimate of drug-likeness (QED) is 0.680. The Kier molecular flexibility index (Phi) is 3.52. The van der Waals surface area contributed by atoms with Gasteiger partial charge >= 0.3 is 0 Å². The third-order valence-electron chi connectivity index (χ3n) is 3.54. The standard InChI is InChI=1S/C17H17NO3/c1-11-4-2-5-13(18)16(11)17(19)12-6-7-14-15(10-12)21-9-3-8-20-14/h2,4-7,10H,3,8-9,18H2,1H3. The topological polar surface area (TPSA) is 61.6 Å². The summed E-state index contributed by atoms with van der Waals surface area (Å²) >= 11 is 0. The van der Waals surface area contributed by atoms with Crippen molar-refractivity contribution >= 4 is 11.5 Å². The van der Waals surface area contributed by atoms with Gasteiger partial charge in [0.1, 0.15) is 0 Å². The van der Waals surface area contributed by atoms with E-state index in [1.807, 2.05) is 19.1 Å². The van der Waals surface area contributed by atoms with Crippen LogP contribution < -0.4 is 15.2 Å². The number of aryl methyl sites for hydroxylation is 1. The van der Waals surface area contributed by atoms with Crippen LogP contribution in [0.25, 0.3) is 0 Å². The van der Waals surface area contributed by atoms with Crippen LogP contribution in [0.15, 0.2) is 36.4 Å². The van der Waals surface area contributed by atoms with Gasteiger partial charge in [0.05, 0.1) is 13.2 Å². The molecule has 0 bridgehead atoms. The van der Waals surface area contributed by atoms with E-state index < -0.39 is 0 Å². The largest absolute Gasteiger partial charge is 0.490 e. The monoisotopic (exact) mass is 283 g/mol. The van der Waals surface area contributed by atoms with Gasteiger partial charge in [-0.25, -0.2) is 0 Å². The lowest BCUT2D eigenvalue weighted by Gasteiger charge is -2.11. The average Bonchev–Trinajstić information content (AvgIpc) is 2.71. The van der Waals surface area contributed by atoms with Gasteiger partial charge in [0.25, 0.3) is 0 Å². The molecule has 2 N–H and O–H groups in total. The number of anilines is 1. The highest BCUT2D eigenvalue weighted by Crippen LogP contribution is 2.32. The number of benzene rings is 2. The molecule has 1 aliphatic heterocycles. The number of fused-ring (bicyclic) bond motifs is 1. The van der Waals surface area contributed by atoms with Crippen molar-refractivity contribution in [3.05, 3.63) is 53.1 Å². The summed E-state index contributed by atoms with van der Waals surface area (Å²) in [6, 6.07) is 10.7. The van der Waals surface area contributed by atoms with Crippen molar-refractivity contribution in [1.82, 2.24) is 0 Å². The molecule has 1 aliphatic rings. The Morgan fingerprint density at radius 2 is 1.86 bits per heavy atom. The van der Waals surface area contributed by atoms with Gasteiger partial charge in [-0.05, 0) is 36.8 Å². The van der Waals surface area contributed by atoms with Gasteiger partial charge < -0.3 is 15.2 Å². The number of hydrogen-bond acceptors (Lipinski definition) is 4. The third-order valence-corrected chi connectivity index (χ3v) is 3.54. The number of carbonyl (C=O) groups excluding carboxylic acids is 1. The van der Waals surface area contributed by atoms with Crippen LogP contribution in [-0.4, -0.2) is 19.0 Å². The van der Waals surface area contributed by atoms with E-state index in [0.717, 1.165) is 12.0 Å². The molecule has 0 aromatic heterocycles. The fourth-order valence-corrected chi connectivity index (χ4v) is 2.45. The SMILES string of the molecule is Cc1cccc(N)c1C(=O)c1ccc2c(c1)OCCCO2. The van der Waals surface area contributed by atoms with Gasteiger partial charge in [-0.15, -0.1) is 0 Å². The van der Waals surface area contributed by atoms with Crippen LogP contribution in [0.3, 0.4) is 0 Å². The minimum Gasteiger partial charge on any atom is -0.490 e. The number of ether oxygens (including phenoxy) is 2. The lowest BCUT2D eigenvalue weighted by Crippen LogP contribution is -2.08. The Bertz CT molecular complexity index is 674. The molecule has 0 spiro atoms. The fraction of sp³-hybridized carbons (Fsp3) is 0.235. The lowest BCUT2D eigenvalue weighted by atomic mass is 9.97. The molecule has 108 valence electrons. The summed E-state index contributed by atoms with van der Waals surface area (Å²) in [6.45, 7) is 3.11. The molecule has 0 atom stereocenters. The molecule has 2 aromatic carbocycles. The smallest absolute Gasteiger partial charge is 0.195 e. The zero-order valence-electron chi connectivity index (χ0n) is 11.9. The number of carbonyl (C=O) groups is 1. The number of hydrogen-bond donors (Lipinski definition) is 1. The maximum atomic E-state index is 12.7. The van der Waals surface area contributed by atoms with Crippen molar-refractivity contribution < 1.29 is 14.3 Å². The normalized spacial score (nSPS) is 13.6. The van der Waals surface area contributed by atoms with Crippen LogP contribution >= 0.6 is 0 Å². The highest BCUT2D eigenvalue weighted by Gasteiger charge is 2.18. The Morgan fingerprint density at radius 1 is 1.10 bits per heavy atom. The molecular formula is C17H17NO3. The first kappa shape index (κ1) is 13.5. The summed E-state index contributed by atoms with van der Waals surface area (Å²) in [7, 11) is 0. The number of ketones is 1. The summed E-state index contributed by atoms with van der Waals surface area (Å²) in [5.74, 6) is 1.20. The highest BCUT2D eigenvalue weighted by molar-refractivity contribution is 6.13. The second-order valence-electron chi connectivity index (χ2n) is 5.08. The molecule has 0 radical (unpaired) electrons. The van der Waals surface area contributed by atoms with Crippen LogP contribution in [-0.2, 0) is 0 Å². The number of rotatable bonds is 2. The van der Waals surface area contributed by atoms with E-state index in [0.29, 0.717) is 41.5 Å². The van der Waals surface area contributed by atoms with Gasteiger partial charge in [-0.3, -0.25) is 4.79 Å². The molecule has 21 heavy (non-hydrogen) atoms. The summed E-state index contributed by atoms with van der Waals surface area (Å²) in [6.07, 6.45) is 0.836. The Morgan fingerprint density at radius 3 is 2.62 bits per heavy atom. The van der Waals surface area contributed by atoms with Crippen molar-refractivity contribution in [3.63, 3.8) is 0 Å². The van der Waals surface area contributed by atoms with Crippen molar-refractivity contribution in [2.24, 2.45) is 0 Å². The number of nitrogen functional groups attached to an aromatic ring is 1. The first-order valence-corrected chi connectivity index (χ1v) is 6.96. The van der Waals surface area contributed by atoms with Gasteiger partial charge in [-0.2, -0.15) is 0 Å². The van der Waals surface area contributed by atoms with Crippen LogP contribution in [0.4, 0.5) is 5.69 Å². The first-order chi connectivity index (χ1) is 10.2. The first-order valence-electron chi connectivity index (χ1n) is 6.96. The minimum atomic E-state index is -0.0961. The Labute approximate surface area is 123 Å². The van der Waals surface area contributed by atoms with Gasteiger partial charge in [0, 0.05) is 23.2 Å². The summed E-state index contributed by atoms with van der Waals surface area (Å²) in [5, 5.41) is 0. The summed E-state index contributed by atoms with van der Waals surface area (Å²) in [4.78, 5) is 12.7. The van der Waals surface area contributed by atoms with Gasteiger partial charge in [0.15, 0.2) is 17.3 Å². The van der Waals surface area contributed by atoms with Crippen molar-refractivity contribution in [1.29, 1.82) is 0 Å². The van der Waals surface area contributed by atoms with Crippen molar-refractivity contribution in [2.75, 3.05) is 18.9 Å². The molecule has 2 aromatic rings. The van der Waals surface area contributed by atoms with E-state index in [2.05, 4.69) is 0 Å². The van der Waals surface area contributed by atoms with E-state index in [-0.39, 0.29) is 5.78 Å². The maximum Gasteiger partial charge on any atom is 0.195 e. The molecule has 0 saturated heterocycles. The van der Waals surface area contributed by atoms with Crippen molar-refractivity contribution in [2.45, 2.75) is 13.3 Å². The second-order valence-corrected chi connectivity index (χ2v) is 5.08. The molecule has 0 fully saturated rings. The zero-order valence-corrected chi connectivity index (χ0v) is 11.9. The summed E-state index contributed by atoms with van der Waals surface area (Å²) < 4.78 is 11.2. The van der Waals surface area contributed by atoms with E-state index >= 15 is 0 Å². The molecule has 4 heteroatoms. The van der Waals surface area contributed by atoms with Crippen LogP contribution in [0.2, 0.25) is 0 Å². The lowest BCUT2D eigenvalue weighted by molar-refractivity contribution is 0.103. The van der Waals surface area contributed by atoms with Crippen LogP contribution in [0.1, 0.15) is 27.9 Å². The Balaban J connectivity index is 2.01.